The van der Waals surface area contributed by atoms with Crippen LogP contribution in [0.5, 0.6) is 0 Å². The molecule has 13 nitrogen and oxygen atoms in total. The molecule has 6 rings (SSSR count). The van der Waals surface area contributed by atoms with Crippen molar-refractivity contribution in [2.24, 2.45) is 0 Å². The van der Waals surface area contributed by atoms with E-state index in [1.165, 1.54) is 6.92 Å². The van der Waals surface area contributed by atoms with Crippen LogP contribution in [-0.2, 0) is 57.5 Å². The van der Waals surface area contributed by atoms with E-state index in [0.29, 0.717) is 92.1 Å². The number of carbonyl (C=O) groups is 2. The quantitative estimate of drug-likeness (QED) is 0.166. The molecule has 4 aromatic rings. The van der Waals surface area contributed by atoms with Gasteiger partial charge in [-0.1, -0.05) is 109 Å². The first-order valence-corrected chi connectivity index (χ1v) is 21.3. The summed E-state index contributed by atoms with van der Waals surface area (Å²) in [5, 5.41) is 15.6. The Hall–Kier alpha value is -4.54. The highest BCUT2D eigenvalue weighted by Crippen LogP contribution is 2.47. The molecular weight excluding hydrogens is 779 g/mol. The Labute approximate surface area is 359 Å². The van der Waals surface area contributed by atoms with E-state index in [-0.39, 0.29) is 37.1 Å². The van der Waals surface area contributed by atoms with Gasteiger partial charge in [-0.15, -0.1) is 0 Å². The second-order valence-corrected chi connectivity index (χ2v) is 15.2. The van der Waals surface area contributed by atoms with Crippen LogP contribution in [0.2, 0.25) is 0 Å². The standard InChI is InChI=1S/C48H61N3O10/c1-36(53)43(32-37-8-4-2-5-9-37)50-48(54)49-33-38-12-18-42(19-13-38)47-60-44(34-51-20-22-55-24-26-57-28-30-59-31-29-58-27-25-56-23-21-51)45(40-10-6-3-7-11-40)46(61-47)41-16-14-39(35-52)15-17-41/h2-19,43-47,52H,20-35H2,1H3,(H2,49,50,54). The normalized spacial score (nSPS) is 22.3. The average Bonchev–Trinajstić information content (AvgIpc) is 3.29. The number of Topliss-reactive ketones (excluding diaryl/α,β-unsaturated/α-hetero) is 1. The van der Waals surface area contributed by atoms with E-state index >= 15 is 0 Å². The highest BCUT2D eigenvalue weighted by Gasteiger charge is 2.42. The van der Waals surface area contributed by atoms with Gasteiger partial charge < -0.3 is 48.9 Å². The van der Waals surface area contributed by atoms with Crippen LogP contribution >= 0.6 is 0 Å². The molecule has 0 spiro atoms. The van der Waals surface area contributed by atoms with Gasteiger partial charge in [0.05, 0.1) is 90.9 Å². The predicted molar refractivity (Wildman–Crippen MR) is 230 cm³/mol. The average molecular weight is 840 g/mol. The maximum atomic E-state index is 12.9. The van der Waals surface area contributed by atoms with E-state index in [1.54, 1.807) is 0 Å². The van der Waals surface area contributed by atoms with E-state index in [4.69, 9.17) is 33.2 Å². The molecule has 5 unspecified atom stereocenters. The Morgan fingerprint density at radius 2 is 1.15 bits per heavy atom. The molecule has 328 valence electrons. The van der Waals surface area contributed by atoms with Gasteiger partial charge in [0.25, 0.3) is 0 Å². The molecule has 61 heavy (non-hydrogen) atoms. The van der Waals surface area contributed by atoms with Crippen molar-refractivity contribution in [1.82, 2.24) is 15.5 Å². The van der Waals surface area contributed by atoms with Gasteiger partial charge in [0, 0.05) is 37.7 Å². The third kappa shape index (κ3) is 15.1. The lowest BCUT2D eigenvalue weighted by Gasteiger charge is -2.44. The van der Waals surface area contributed by atoms with Gasteiger partial charge in [-0.2, -0.15) is 0 Å². The van der Waals surface area contributed by atoms with Crippen molar-refractivity contribution in [2.45, 2.75) is 57.0 Å². The van der Waals surface area contributed by atoms with Crippen LogP contribution in [0.4, 0.5) is 4.79 Å². The Morgan fingerprint density at radius 1 is 0.623 bits per heavy atom. The zero-order valence-electron chi connectivity index (χ0n) is 35.2. The van der Waals surface area contributed by atoms with Gasteiger partial charge in [-0.3, -0.25) is 9.69 Å². The molecule has 13 heteroatoms. The van der Waals surface area contributed by atoms with Crippen molar-refractivity contribution >= 4 is 11.8 Å². The zero-order chi connectivity index (χ0) is 42.5. The molecular formula is C48H61N3O10. The molecule has 0 aromatic heterocycles. The Balaban J connectivity index is 1.18. The number of rotatable bonds is 12. The van der Waals surface area contributed by atoms with Gasteiger partial charge in [-0.05, 0) is 41.2 Å². The largest absolute Gasteiger partial charge is 0.392 e. The van der Waals surface area contributed by atoms with Crippen LogP contribution in [-0.4, -0.2) is 120 Å². The van der Waals surface area contributed by atoms with Gasteiger partial charge in [-0.25, -0.2) is 4.79 Å². The monoisotopic (exact) mass is 839 g/mol. The summed E-state index contributed by atoms with van der Waals surface area (Å²) in [6.07, 6.45) is -0.999. The predicted octanol–water partition coefficient (Wildman–Crippen LogP) is 5.52. The number of nitrogens with zero attached hydrogens (tertiary/aromatic N) is 1. The molecule has 4 aromatic carbocycles. The second-order valence-electron chi connectivity index (χ2n) is 15.2. The van der Waals surface area contributed by atoms with E-state index in [0.717, 1.165) is 33.4 Å². The van der Waals surface area contributed by atoms with Crippen LogP contribution in [0.25, 0.3) is 0 Å². The number of urea groups is 1. The number of hydrogen-bond acceptors (Lipinski definition) is 11. The van der Waals surface area contributed by atoms with Crippen molar-refractivity contribution in [3.63, 3.8) is 0 Å². The van der Waals surface area contributed by atoms with E-state index in [1.807, 2.05) is 97.1 Å². The summed E-state index contributed by atoms with van der Waals surface area (Å²) >= 11 is 0. The van der Waals surface area contributed by atoms with Crippen LogP contribution in [0.1, 0.15) is 58.6 Å². The maximum Gasteiger partial charge on any atom is 0.315 e. The number of aliphatic hydroxyl groups is 1. The van der Waals surface area contributed by atoms with Crippen molar-refractivity contribution in [2.75, 3.05) is 85.7 Å². The van der Waals surface area contributed by atoms with Crippen molar-refractivity contribution < 1.29 is 47.9 Å². The van der Waals surface area contributed by atoms with E-state index < -0.39 is 18.4 Å². The third-order valence-electron chi connectivity index (χ3n) is 10.8. The first-order chi connectivity index (χ1) is 30.0. The topological polar surface area (TPSA) is 146 Å². The molecule has 0 saturated carbocycles. The summed E-state index contributed by atoms with van der Waals surface area (Å²) in [7, 11) is 0. The first kappa shape index (κ1) is 46.0. The molecule has 2 amide bonds. The molecule has 2 saturated heterocycles. The van der Waals surface area contributed by atoms with Crippen molar-refractivity contribution in [3.8, 4) is 0 Å². The first-order valence-electron chi connectivity index (χ1n) is 21.3. The third-order valence-corrected chi connectivity index (χ3v) is 10.8. The smallest absolute Gasteiger partial charge is 0.315 e. The van der Waals surface area contributed by atoms with Crippen LogP contribution in [0, 0.1) is 0 Å². The summed E-state index contributed by atoms with van der Waals surface area (Å²) < 4.78 is 42.9. The number of benzene rings is 4. The van der Waals surface area contributed by atoms with Crippen LogP contribution in [0.15, 0.2) is 109 Å². The number of nitrogens with one attached hydrogen (secondary N) is 2. The number of ketones is 1. The molecule has 0 bridgehead atoms. The van der Waals surface area contributed by atoms with Crippen LogP contribution in [0.3, 0.4) is 0 Å². The Bertz CT molecular complexity index is 1830. The number of aliphatic hydroxyl groups excluding tert-OH is 1. The maximum absolute atomic E-state index is 12.9. The number of carbonyl (C=O) groups excluding carboxylic acids is 2. The fourth-order valence-electron chi connectivity index (χ4n) is 7.41. The summed E-state index contributed by atoms with van der Waals surface area (Å²) in [4.78, 5) is 27.6. The van der Waals surface area contributed by atoms with E-state index in [9.17, 15) is 14.7 Å². The lowest BCUT2D eigenvalue weighted by molar-refractivity contribution is -0.263. The molecule has 2 aliphatic heterocycles. The second kappa shape index (κ2) is 25.4. The molecule has 2 aliphatic rings. The number of ether oxygens (including phenoxy) is 7. The zero-order valence-corrected chi connectivity index (χ0v) is 35.2. The summed E-state index contributed by atoms with van der Waals surface area (Å²) in [6, 6.07) is 34.6. The van der Waals surface area contributed by atoms with Crippen molar-refractivity contribution in [1.29, 1.82) is 0 Å². The molecule has 5 atom stereocenters. The SMILES string of the molecule is CC(=O)C(Cc1ccccc1)NC(=O)NCc1ccc(C2OC(CN3CCOCCOCCOCCOCCOCC3)C(c3ccccc3)C(c3ccc(CO)cc3)O2)cc1. The van der Waals surface area contributed by atoms with Gasteiger partial charge in [0.15, 0.2) is 12.1 Å². The van der Waals surface area contributed by atoms with Gasteiger partial charge in [0.1, 0.15) is 0 Å². The fraction of sp³-hybridized carbons (Fsp3) is 0.458. The molecule has 0 radical (unpaired) electrons. The minimum atomic E-state index is -0.710. The van der Waals surface area contributed by atoms with E-state index in [2.05, 4.69) is 27.7 Å². The van der Waals surface area contributed by atoms with Crippen LogP contribution < -0.4 is 10.6 Å². The minimum Gasteiger partial charge on any atom is -0.392 e. The van der Waals surface area contributed by atoms with Gasteiger partial charge >= 0.3 is 6.03 Å². The molecule has 3 N–H and O–H groups in total. The highest BCUT2D eigenvalue weighted by atomic mass is 16.7. The lowest BCUT2D eigenvalue weighted by atomic mass is 9.83. The molecule has 0 aliphatic carbocycles. The summed E-state index contributed by atoms with van der Waals surface area (Å²) in [5.74, 6) is -0.293. The molecule has 2 fully saturated rings. The number of hydrogen-bond donors (Lipinski definition) is 3. The number of amides is 2. The van der Waals surface area contributed by atoms with Gasteiger partial charge in [0.2, 0.25) is 0 Å². The minimum absolute atomic E-state index is 0.0537. The molecule has 2 heterocycles. The summed E-state index contributed by atoms with van der Waals surface area (Å²) in [6.45, 7) is 8.53. The van der Waals surface area contributed by atoms with Crippen molar-refractivity contribution in [3.05, 3.63) is 143 Å². The summed E-state index contributed by atoms with van der Waals surface area (Å²) in [5.41, 5.74) is 5.56. The lowest BCUT2D eigenvalue weighted by Crippen LogP contribution is -2.46. The Kier molecular flexibility index (Phi) is 19.1. The Morgan fingerprint density at radius 3 is 1.70 bits per heavy atom. The fourth-order valence-corrected chi connectivity index (χ4v) is 7.41. The highest BCUT2D eigenvalue weighted by molar-refractivity contribution is 5.87.